The molecule has 0 saturated carbocycles. The predicted octanol–water partition coefficient (Wildman–Crippen LogP) is 4.32. The van der Waals surface area contributed by atoms with Crippen LogP contribution in [0.25, 0.3) is 6.08 Å². The number of nitrogens with one attached hydrogen (secondary N) is 1. The van der Waals surface area contributed by atoms with Gasteiger partial charge in [0.1, 0.15) is 17.5 Å². The molecular formula is C21H29N5O. The number of nitriles is 1. The number of carbonyl (C=O) groups excluding carboxylic acids is 1. The highest BCUT2D eigenvalue weighted by Crippen LogP contribution is 2.23. The second-order valence-electron chi connectivity index (χ2n) is 7.86. The molecule has 0 aliphatic rings. The summed E-state index contributed by atoms with van der Waals surface area (Å²) in [7, 11) is 0. The van der Waals surface area contributed by atoms with Gasteiger partial charge in [-0.05, 0) is 65.7 Å². The number of hydrogen-bond donors (Lipinski definition) is 1. The van der Waals surface area contributed by atoms with Gasteiger partial charge < -0.3 is 9.88 Å². The second-order valence-corrected chi connectivity index (χ2v) is 7.86. The van der Waals surface area contributed by atoms with Crippen molar-refractivity contribution in [3.8, 4) is 6.07 Å². The molecule has 0 aliphatic carbocycles. The molecule has 2 aromatic heterocycles. The monoisotopic (exact) mass is 367 g/mol. The van der Waals surface area contributed by atoms with E-state index in [0.29, 0.717) is 5.82 Å². The maximum Gasteiger partial charge on any atom is 0.267 e. The van der Waals surface area contributed by atoms with Crippen LogP contribution < -0.4 is 5.32 Å². The van der Waals surface area contributed by atoms with Crippen molar-refractivity contribution in [2.45, 2.75) is 67.0 Å². The van der Waals surface area contributed by atoms with Crippen LogP contribution in [0.2, 0.25) is 0 Å². The number of aryl methyl sites for hydroxylation is 2. The normalized spacial score (nSPS) is 12.1. The first-order valence-corrected chi connectivity index (χ1v) is 9.25. The van der Waals surface area contributed by atoms with E-state index in [1.54, 1.807) is 10.8 Å². The van der Waals surface area contributed by atoms with Crippen LogP contribution in [-0.2, 0) is 16.9 Å². The van der Waals surface area contributed by atoms with E-state index >= 15 is 0 Å². The van der Waals surface area contributed by atoms with Gasteiger partial charge in [-0.3, -0.25) is 4.79 Å². The van der Waals surface area contributed by atoms with Gasteiger partial charge in [0.15, 0.2) is 0 Å². The maximum atomic E-state index is 12.7. The van der Waals surface area contributed by atoms with Crippen molar-refractivity contribution in [3.05, 3.63) is 40.4 Å². The van der Waals surface area contributed by atoms with Crippen LogP contribution in [0.15, 0.2) is 17.7 Å². The number of carbonyl (C=O) groups is 1. The summed E-state index contributed by atoms with van der Waals surface area (Å²) in [5.74, 6) is 0.158. The van der Waals surface area contributed by atoms with E-state index in [9.17, 15) is 10.1 Å². The highest BCUT2D eigenvalue weighted by molar-refractivity contribution is 6.09. The zero-order valence-corrected chi connectivity index (χ0v) is 17.3. The lowest BCUT2D eigenvalue weighted by Gasteiger charge is -2.22. The van der Waals surface area contributed by atoms with Gasteiger partial charge in [0, 0.05) is 24.0 Å². The maximum absolute atomic E-state index is 12.7. The zero-order chi connectivity index (χ0) is 20.4. The largest absolute Gasteiger partial charge is 0.349 e. The van der Waals surface area contributed by atoms with E-state index in [1.165, 1.54) is 0 Å². The Bertz CT molecular complexity index is 916. The summed E-state index contributed by atoms with van der Waals surface area (Å²) >= 11 is 0. The fraction of sp³-hybridized carbons (Fsp3) is 0.476. The lowest BCUT2D eigenvalue weighted by atomic mass is 10.1. The van der Waals surface area contributed by atoms with Gasteiger partial charge in [-0.2, -0.15) is 10.4 Å². The van der Waals surface area contributed by atoms with Crippen molar-refractivity contribution in [2.75, 3.05) is 5.32 Å². The molecule has 0 fully saturated rings. The first kappa shape index (κ1) is 20.5. The molecule has 27 heavy (non-hydrogen) atoms. The third kappa shape index (κ3) is 4.48. The number of amides is 1. The Hall–Kier alpha value is -2.81. The van der Waals surface area contributed by atoms with Gasteiger partial charge >= 0.3 is 0 Å². The van der Waals surface area contributed by atoms with Gasteiger partial charge in [-0.1, -0.05) is 6.92 Å². The van der Waals surface area contributed by atoms with Gasteiger partial charge in [0.2, 0.25) is 0 Å². The smallest absolute Gasteiger partial charge is 0.267 e. The summed E-state index contributed by atoms with van der Waals surface area (Å²) in [5.41, 5.74) is 3.69. The Balaban J connectivity index is 2.34. The minimum Gasteiger partial charge on any atom is -0.349 e. The van der Waals surface area contributed by atoms with Crippen molar-refractivity contribution in [3.63, 3.8) is 0 Å². The van der Waals surface area contributed by atoms with Crippen LogP contribution in [0.1, 0.15) is 56.8 Å². The number of rotatable bonds is 5. The van der Waals surface area contributed by atoms with E-state index < -0.39 is 5.91 Å². The first-order valence-electron chi connectivity index (χ1n) is 9.25. The van der Waals surface area contributed by atoms with Crippen molar-refractivity contribution in [1.82, 2.24) is 14.3 Å². The minimum atomic E-state index is -0.428. The summed E-state index contributed by atoms with van der Waals surface area (Å²) < 4.78 is 3.97. The van der Waals surface area contributed by atoms with E-state index in [-0.39, 0.29) is 11.1 Å². The molecule has 0 radical (unpaired) electrons. The van der Waals surface area contributed by atoms with Crippen LogP contribution in [0.5, 0.6) is 0 Å². The average molecular weight is 367 g/mol. The molecule has 2 aromatic rings. The van der Waals surface area contributed by atoms with Gasteiger partial charge in [0.05, 0.1) is 11.2 Å². The third-order valence-electron chi connectivity index (χ3n) is 4.43. The van der Waals surface area contributed by atoms with Crippen molar-refractivity contribution in [2.24, 2.45) is 0 Å². The van der Waals surface area contributed by atoms with Gasteiger partial charge in [-0.15, -0.1) is 0 Å². The lowest BCUT2D eigenvalue weighted by molar-refractivity contribution is -0.112. The fourth-order valence-electron chi connectivity index (χ4n) is 3.13. The fourth-order valence-corrected chi connectivity index (χ4v) is 3.13. The molecule has 0 spiro atoms. The Morgan fingerprint density at radius 2 is 1.96 bits per heavy atom. The summed E-state index contributed by atoms with van der Waals surface area (Å²) in [6.45, 7) is 15.0. The topological polar surface area (TPSA) is 75.6 Å². The highest BCUT2D eigenvalue weighted by Gasteiger charge is 2.21. The van der Waals surface area contributed by atoms with E-state index in [0.717, 1.165) is 35.6 Å². The molecule has 0 saturated heterocycles. The molecule has 6 heteroatoms. The second kappa shape index (κ2) is 7.83. The minimum absolute atomic E-state index is 0.0751. The van der Waals surface area contributed by atoms with E-state index in [1.807, 2.05) is 59.7 Å². The summed E-state index contributed by atoms with van der Waals surface area (Å²) in [6.07, 6.45) is 2.69. The van der Waals surface area contributed by atoms with Crippen LogP contribution in [0.3, 0.4) is 0 Å². The third-order valence-corrected chi connectivity index (χ3v) is 4.43. The molecule has 2 rings (SSSR count). The van der Waals surface area contributed by atoms with Crippen LogP contribution in [0.4, 0.5) is 5.82 Å². The molecule has 144 valence electrons. The summed E-state index contributed by atoms with van der Waals surface area (Å²) in [5, 5.41) is 16.8. The van der Waals surface area contributed by atoms with Gasteiger partial charge in [0.25, 0.3) is 5.91 Å². The molecule has 1 amide bonds. The molecule has 6 nitrogen and oxygen atoms in total. The quantitative estimate of drug-likeness (QED) is 0.631. The van der Waals surface area contributed by atoms with Crippen molar-refractivity contribution >= 4 is 17.8 Å². The predicted molar refractivity (Wildman–Crippen MR) is 108 cm³/mol. The zero-order valence-electron chi connectivity index (χ0n) is 17.3. The van der Waals surface area contributed by atoms with Crippen LogP contribution >= 0.6 is 0 Å². The number of anilines is 1. The van der Waals surface area contributed by atoms with Crippen LogP contribution in [0, 0.1) is 32.1 Å². The SMILES string of the molecule is CCCn1c(C)cc(/C=C(/C#N)C(=O)Nc2cc(C)nn2C(C)(C)C)c1C. The Labute approximate surface area is 161 Å². The number of hydrogen-bond acceptors (Lipinski definition) is 3. The van der Waals surface area contributed by atoms with E-state index in [4.69, 9.17) is 0 Å². The number of nitrogens with zero attached hydrogens (tertiary/aromatic N) is 4. The Morgan fingerprint density at radius 1 is 1.30 bits per heavy atom. The number of aromatic nitrogens is 3. The molecule has 0 bridgehead atoms. The van der Waals surface area contributed by atoms with Crippen molar-refractivity contribution < 1.29 is 4.79 Å². The van der Waals surface area contributed by atoms with E-state index in [2.05, 4.69) is 21.9 Å². The molecule has 2 heterocycles. The Morgan fingerprint density at radius 3 is 2.52 bits per heavy atom. The average Bonchev–Trinajstić information content (AvgIpc) is 3.07. The highest BCUT2D eigenvalue weighted by atomic mass is 16.1. The molecule has 0 aromatic carbocycles. The molecule has 1 N–H and O–H groups in total. The Kier molecular flexibility index (Phi) is 5.94. The van der Waals surface area contributed by atoms with Crippen molar-refractivity contribution in [1.29, 1.82) is 5.26 Å². The first-order chi connectivity index (χ1) is 12.6. The standard InChI is InChI=1S/C21H29N5O/c1-8-9-25-15(3)11-17(16(25)4)12-18(13-22)20(27)23-19-10-14(2)24-26(19)21(5,6)7/h10-12H,8-9H2,1-7H3,(H,23,27)/b18-12-. The summed E-state index contributed by atoms with van der Waals surface area (Å²) in [6, 6.07) is 5.86. The molecule has 0 unspecified atom stereocenters. The molecule has 0 atom stereocenters. The molecule has 0 aliphatic heterocycles. The van der Waals surface area contributed by atoms with Crippen LogP contribution in [-0.4, -0.2) is 20.3 Å². The summed E-state index contributed by atoms with van der Waals surface area (Å²) in [4.78, 5) is 12.7. The van der Waals surface area contributed by atoms with Gasteiger partial charge in [-0.25, -0.2) is 4.68 Å². The molecular weight excluding hydrogens is 338 g/mol. The lowest BCUT2D eigenvalue weighted by Crippen LogP contribution is -2.27.